The Morgan fingerprint density at radius 3 is 2.56 bits per heavy atom. The molecule has 0 bridgehead atoms. The SMILES string of the molecule is C[C@H]1COCCN1c1nc(N2CCOCC2)nc2nc(-c3cccc(NS(C)(=O)=O)c3)ccc12. The monoisotopic (exact) mass is 484 g/mol. The van der Waals surface area contributed by atoms with Crippen molar-refractivity contribution >= 4 is 38.5 Å². The number of morpholine rings is 2. The van der Waals surface area contributed by atoms with Crippen LogP contribution in [0.4, 0.5) is 17.5 Å². The van der Waals surface area contributed by atoms with Gasteiger partial charge in [0.1, 0.15) is 5.82 Å². The van der Waals surface area contributed by atoms with Crippen LogP contribution in [0.5, 0.6) is 0 Å². The lowest BCUT2D eigenvalue weighted by molar-refractivity contribution is 0.0986. The number of nitrogens with one attached hydrogen (secondary N) is 1. The Morgan fingerprint density at radius 1 is 1.00 bits per heavy atom. The summed E-state index contributed by atoms with van der Waals surface area (Å²) in [5, 5.41) is 0.875. The molecule has 0 spiro atoms. The van der Waals surface area contributed by atoms with Gasteiger partial charge in [-0.05, 0) is 31.2 Å². The molecule has 2 fully saturated rings. The van der Waals surface area contributed by atoms with Crippen molar-refractivity contribution in [2.45, 2.75) is 13.0 Å². The Morgan fingerprint density at radius 2 is 1.79 bits per heavy atom. The molecule has 2 aliphatic rings. The molecule has 1 N–H and O–H groups in total. The van der Waals surface area contributed by atoms with Gasteiger partial charge in [0.05, 0.1) is 49.8 Å². The van der Waals surface area contributed by atoms with E-state index in [-0.39, 0.29) is 6.04 Å². The lowest BCUT2D eigenvalue weighted by Crippen LogP contribution is -2.44. The van der Waals surface area contributed by atoms with E-state index in [4.69, 9.17) is 24.4 Å². The Kier molecular flexibility index (Phi) is 6.24. The van der Waals surface area contributed by atoms with Gasteiger partial charge in [0.15, 0.2) is 5.65 Å². The van der Waals surface area contributed by atoms with Gasteiger partial charge in [-0.15, -0.1) is 0 Å². The smallest absolute Gasteiger partial charge is 0.229 e. The average molecular weight is 485 g/mol. The number of aromatic nitrogens is 3. The van der Waals surface area contributed by atoms with Crippen molar-refractivity contribution in [2.75, 3.05) is 66.8 Å². The van der Waals surface area contributed by atoms with Gasteiger partial charge in [0.25, 0.3) is 0 Å². The van der Waals surface area contributed by atoms with E-state index in [0.717, 1.165) is 42.7 Å². The van der Waals surface area contributed by atoms with Crippen molar-refractivity contribution in [1.82, 2.24) is 15.0 Å². The summed E-state index contributed by atoms with van der Waals surface area (Å²) in [4.78, 5) is 19.1. The van der Waals surface area contributed by atoms with Gasteiger partial charge in [0.2, 0.25) is 16.0 Å². The second-order valence-corrected chi connectivity index (χ2v) is 10.3. The van der Waals surface area contributed by atoms with Crippen molar-refractivity contribution in [3.63, 3.8) is 0 Å². The average Bonchev–Trinajstić information content (AvgIpc) is 2.83. The van der Waals surface area contributed by atoms with Crippen LogP contribution in [0.3, 0.4) is 0 Å². The molecule has 3 aromatic rings. The van der Waals surface area contributed by atoms with E-state index >= 15 is 0 Å². The zero-order valence-corrected chi connectivity index (χ0v) is 20.1. The first-order valence-corrected chi connectivity index (χ1v) is 13.2. The molecule has 180 valence electrons. The molecule has 0 radical (unpaired) electrons. The Labute approximate surface area is 199 Å². The zero-order chi connectivity index (χ0) is 23.7. The van der Waals surface area contributed by atoms with Crippen LogP contribution in [0.1, 0.15) is 6.92 Å². The van der Waals surface area contributed by atoms with Crippen molar-refractivity contribution in [2.24, 2.45) is 0 Å². The quantitative estimate of drug-likeness (QED) is 0.582. The molecule has 34 heavy (non-hydrogen) atoms. The molecule has 1 aromatic carbocycles. The molecule has 2 saturated heterocycles. The lowest BCUT2D eigenvalue weighted by Gasteiger charge is -2.35. The highest BCUT2D eigenvalue weighted by Crippen LogP contribution is 2.31. The van der Waals surface area contributed by atoms with Gasteiger partial charge in [-0.2, -0.15) is 9.97 Å². The Bertz CT molecular complexity index is 1300. The Balaban J connectivity index is 1.60. The van der Waals surface area contributed by atoms with E-state index in [2.05, 4.69) is 21.4 Å². The van der Waals surface area contributed by atoms with E-state index in [1.165, 1.54) is 0 Å². The summed E-state index contributed by atoms with van der Waals surface area (Å²) in [6, 6.07) is 11.3. The Hall–Kier alpha value is -3.02. The van der Waals surface area contributed by atoms with Crippen LogP contribution < -0.4 is 14.5 Å². The van der Waals surface area contributed by atoms with Crippen molar-refractivity contribution in [3.8, 4) is 11.3 Å². The molecule has 0 aliphatic carbocycles. The summed E-state index contributed by atoms with van der Waals surface area (Å²) in [6.45, 7) is 6.89. The fourth-order valence-electron chi connectivity index (χ4n) is 4.27. The first-order valence-electron chi connectivity index (χ1n) is 11.3. The maximum atomic E-state index is 11.7. The van der Waals surface area contributed by atoms with Gasteiger partial charge in [-0.25, -0.2) is 13.4 Å². The maximum Gasteiger partial charge on any atom is 0.229 e. The third-order valence-corrected chi connectivity index (χ3v) is 6.53. The molecule has 0 amide bonds. The minimum Gasteiger partial charge on any atom is -0.378 e. The second-order valence-electron chi connectivity index (χ2n) is 8.59. The topological polar surface area (TPSA) is 110 Å². The van der Waals surface area contributed by atoms with Crippen LogP contribution in [0.15, 0.2) is 36.4 Å². The van der Waals surface area contributed by atoms with Gasteiger partial charge >= 0.3 is 0 Å². The van der Waals surface area contributed by atoms with E-state index in [9.17, 15) is 8.42 Å². The van der Waals surface area contributed by atoms with Crippen LogP contribution in [0.2, 0.25) is 0 Å². The molecule has 10 nitrogen and oxygen atoms in total. The van der Waals surface area contributed by atoms with Crippen LogP contribution in [-0.4, -0.2) is 81.7 Å². The van der Waals surface area contributed by atoms with Gasteiger partial charge in [-0.3, -0.25) is 4.72 Å². The highest BCUT2D eigenvalue weighted by atomic mass is 32.2. The van der Waals surface area contributed by atoms with Crippen LogP contribution in [0.25, 0.3) is 22.3 Å². The van der Waals surface area contributed by atoms with E-state index in [1.807, 2.05) is 18.2 Å². The molecule has 2 aromatic heterocycles. The first kappa shape index (κ1) is 22.8. The molecule has 2 aliphatic heterocycles. The minimum absolute atomic E-state index is 0.183. The predicted molar refractivity (Wildman–Crippen MR) is 132 cm³/mol. The predicted octanol–water partition coefficient (Wildman–Crippen LogP) is 2.12. The third kappa shape index (κ3) is 4.91. The number of pyridine rings is 1. The number of sulfonamides is 1. The van der Waals surface area contributed by atoms with Gasteiger partial charge in [-0.1, -0.05) is 12.1 Å². The fraction of sp³-hybridized carbons (Fsp3) is 0.435. The number of benzene rings is 1. The van der Waals surface area contributed by atoms with E-state index in [1.54, 1.807) is 18.2 Å². The number of ether oxygens (including phenoxy) is 2. The first-order chi connectivity index (χ1) is 16.4. The highest BCUT2D eigenvalue weighted by Gasteiger charge is 2.25. The minimum atomic E-state index is -3.37. The van der Waals surface area contributed by atoms with Crippen molar-refractivity contribution in [1.29, 1.82) is 0 Å². The highest BCUT2D eigenvalue weighted by molar-refractivity contribution is 7.92. The largest absolute Gasteiger partial charge is 0.378 e. The zero-order valence-electron chi connectivity index (χ0n) is 19.3. The normalized spacial score (nSPS) is 19.4. The molecule has 4 heterocycles. The number of hydrogen-bond donors (Lipinski definition) is 1. The fourth-order valence-corrected chi connectivity index (χ4v) is 4.82. The van der Waals surface area contributed by atoms with Crippen LogP contribution in [-0.2, 0) is 19.5 Å². The van der Waals surface area contributed by atoms with Crippen molar-refractivity contribution < 1.29 is 17.9 Å². The maximum absolute atomic E-state index is 11.7. The van der Waals surface area contributed by atoms with E-state index < -0.39 is 10.0 Å². The van der Waals surface area contributed by atoms with Crippen molar-refractivity contribution in [3.05, 3.63) is 36.4 Å². The molecule has 5 rings (SSSR count). The molecule has 1 atom stereocenters. The number of hydrogen-bond acceptors (Lipinski definition) is 9. The molecule has 0 saturated carbocycles. The van der Waals surface area contributed by atoms with Gasteiger partial charge < -0.3 is 19.3 Å². The number of fused-ring (bicyclic) bond motifs is 1. The molecule has 11 heteroatoms. The summed E-state index contributed by atoms with van der Waals surface area (Å²) in [6.07, 6.45) is 1.13. The second kappa shape index (κ2) is 9.32. The van der Waals surface area contributed by atoms with Gasteiger partial charge in [0, 0.05) is 30.9 Å². The lowest BCUT2D eigenvalue weighted by atomic mass is 10.1. The number of anilines is 3. The summed E-state index contributed by atoms with van der Waals surface area (Å²) in [7, 11) is -3.37. The molecule has 0 unspecified atom stereocenters. The van der Waals surface area contributed by atoms with Crippen LogP contribution >= 0.6 is 0 Å². The summed E-state index contributed by atoms with van der Waals surface area (Å²) >= 11 is 0. The third-order valence-electron chi connectivity index (χ3n) is 5.92. The standard InChI is InChI=1S/C23H28N6O4S/c1-16-15-33-13-10-29(16)22-19-6-7-20(17-4-3-5-18(14-17)27-34(2,30)31)24-21(19)25-23(26-22)28-8-11-32-12-9-28/h3-7,14,16,27H,8-13,15H2,1-2H3/t16-/m0/s1. The molecular weight excluding hydrogens is 456 g/mol. The summed E-state index contributed by atoms with van der Waals surface area (Å²) in [5.74, 6) is 1.50. The van der Waals surface area contributed by atoms with E-state index in [0.29, 0.717) is 49.4 Å². The molecular formula is C23H28N6O4S. The summed E-state index contributed by atoms with van der Waals surface area (Å²) in [5.41, 5.74) is 2.59. The van der Waals surface area contributed by atoms with Crippen LogP contribution in [0, 0.1) is 0 Å². The number of rotatable bonds is 5. The summed E-state index contributed by atoms with van der Waals surface area (Å²) < 4.78 is 37.0. The number of nitrogens with zero attached hydrogens (tertiary/aromatic N) is 5.